The van der Waals surface area contributed by atoms with Gasteiger partial charge >= 0.3 is 0 Å². The van der Waals surface area contributed by atoms with Crippen molar-refractivity contribution in [3.63, 3.8) is 0 Å². The Morgan fingerprint density at radius 1 is 1.50 bits per heavy atom. The summed E-state index contributed by atoms with van der Waals surface area (Å²) in [4.78, 5) is 9.27. The molecule has 2 fully saturated rings. The van der Waals surface area contributed by atoms with Crippen LogP contribution >= 0.6 is 11.3 Å². The number of hydrogen-bond donors (Lipinski definition) is 2. The molecule has 3 unspecified atom stereocenters. The first-order valence-corrected chi connectivity index (χ1v) is 9.97. The zero-order valence-electron chi connectivity index (χ0n) is 15.3. The molecule has 1 aliphatic carbocycles. The van der Waals surface area contributed by atoms with Gasteiger partial charge in [0.05, 0.1) is 16.8 Å². The van der Waals surface area contributed by atoms with Crippen molar-refractivity contribution in [1.82, 2.24) is 15.6 Å². The highest BCUT2D eigenvalue weighted by molar-refractivity contribution is 7.09. The van der Waals surface area contributed by atoms with E-state index in [0.717, 1.165) is 42.8 Å². The topological polar surface area (TPSA) is 58.5 Å². The van der Waals surface area contributed by atoms with Crippen LogP contribution in [-0.2, 0) is 11.2 Å². The second-order valence-electron chi connectivity index (χ2n) is 7.41. The number of thiazole rings is 1. The first kappa shape index (κ1) is 17.7. The van der Waals surface area contributed by atoms with E-state index in [1.165, 1.54) is 12.8 Å². The van der Waals surface area contributed by atoms with Gasteiger partial charge in [-0.3, -0.25) is 4.99 Å². The molecule has 1 aromatic rings. The Balaban J connectivity index is 1.59. The average Bonchev–Trinajstić information content (AvgIpc) is 2.98. The van der Waals surface area contributed by atoms with Crippen LogP contribution in [0.4, 0.5) is 0 Å². The van der Waals surface area contributed by atoms with Gasteiger partial charge in [0, 0.05) is 48.9 Å². The molecule has 3 atom stereocenters. The number of hydrogen-bond acceptors (Lipinski definition) is 4. The van der Waals surface area contributed by atoms with Crippen molar-refractivity contribution >= 4 is 17.3 Å². The third kappa shape index (κ3) is 3.59. The van der Waals surface area contributed by atoms with E-state index >= 15 is 0 Å². The summed E-state index contributed by atoms with van der Waals surface area (Å²) in [5.74, 6) is 1.53. The number of aromatic nitrogens is 1. The summed E-state index contributed by atoms with van der Waals surface area (Å²) in [6.45, 7) is 11.3. The van der Waals surface area contributed by atoms with Crippen LogP contribution in [0, 0.1) is 18.3 Å². The van der Waals surface area contributed by atoms with Crippen LogP contribution in [0.25, 0.3) is 0 Å². The fourth-order valence-corrected chi connectivity index (χ4v) is 4.74. The van der Waals surface area contributed by atoms with E-state index in [0.29, 0.717) is 18.1 Å². The summed E-state index contributed by atoms with van der Waals surface area (Å²) in [6.07, 6.45) is 3.71. The van der Waals surface area contributed by atoms with E-state index in [4.69, 9.17) is 9.73 Å². The Bertz CT molecular complexity index is 583. The number of fused-ring (bicyclic) bond motifs is 1. The SMILES string of the molecule is CCNC(=NCCc1csc(C)n1)NC1C2CCCOC2C1(C)C. The molecule has 1 aromatic heterocycles. The number of nitrogens with one attached hydrogen (secondary N) is 2. The van der Waals surface area contributed by atoms with Crippen molar-refractivity contribution in [2.75, 3.05) is 19.7 Å². The number of ether oxygens (including phenoxy) is 1. The van der Waals surface area contributed by atoms with E-state index in [-0.39, 0.29) is 5.41 Å². The molecule has 2 N–H and O–H groups in total. The highest BCUT2D eigenvalue weighted by atomic mass is 32.1. The largest absolute Gasteiger partial charge is 0.377 e. The highest BCUT2D eigenvalue weighted by Gasteiger charge is 2.58. The second kappa shape index (κ2) is 7.40. The van der Waals surface area contributed by atoms with Crippen molar-refractivity contribution in [3.8, 4) is 0 Å². The Labute approximate surface area is 149 Å². The van der Waals surface area contributed by atoms with E-state index in [9.17, 15) is 0 Å². The number of aliphatic imine (C=N–C) groups is 1. The van der Waals surface area contributed by atoms with Crippen LogP contribution in [0.5, 0.6) is 0 Å². The van der Waals surface area contributed by atoms with Gasteiger partial charge in [-0.15, -0.1) is 11.3 Å². The van der Waals surface area contributed by atoms with Gasteiger partial charge in [0.15, 0.2) is 5.96 Å². The Morgan fingerprint density at radius 3 is 3.04 bits per heavy atom. The third-order valence-electron chi connectivity index (χ3n) is 5.27. The monoisotopic (exact) mass is 350 g/mol. The lowest BCUT2D eigenvalue weighted by Crippen LogP contribution is -2.71. The molecule has 0 bridgehead atoms. The van der Waals surface area contributed by atoms with Crippen LogP contribution in [-0.4, -0.2) is 42.8 Å². The van der Waals surface area contributed by atoms with Gasteiger partial charge in [0.1, 0.15) is 0 Å². The van der Waals surface area contributed by atoms with Crippen molar-refractivity contribution in [2.24, 2.45) is 16.3 Å². The van der Waals surface area contributed by atoms with Gasteiger partial charge < -0.3 is 15.4 Å². The highest BCUT2D eigenvalue weighted by Crippen LogP contribution is 2.51. The molecule has 0 amide bonds. The lowest BCUT2D eigenvalue weighted by molar-refractivity contribution is -0.188. The molecule has 0 radical (unpaired) electrons. The summed E-state index contributed by atoms with van der Waals surface area (Å²) >= 11 is 1.70. The van der Waals surface area contributed by atoms with Crippen molar-refractivity contribution < 1.29 is 4.74 Å². The fraction of sp³-hybridized carbons (Fsp3) is 0.778. The third-order valence-corrected chi connectivity index (χ3v) is 6.09. The minimum atomic E-state index is 0.160. The molecule has 24 heavy (non-hydrogen) atoms. The second-order valence-corrected chi connectivity index (χ2v) is 8.47. The fourth-order valence-electron chi connectivity index (χ4n) is 4.09. The molecule has 2 aliphatic rings. The van der Waals surface area contributed by atoms with Gasteiger partial charge in [0.2, 0.25) is 0 Å². The van der Waals surface area contributed by atoms with Gasteiger partial charge in [-0.05, 0) is 26.7 Å². The zero-order valence-corrected chi connectivity index (χ0v) is 16.1. The zero-order chi connectivity index (χ0) is 17.2. The summed E-state index contributed by atoms with van der Waals surface area (Å²) < 4.78 is 6.00. The van der Waals surface area contributed by atoms with Crippen LogP contribution in [0.3, 0.4) is 0 Å². The Kier molecular flexibility index (Phi) is 5.45. The summed E-state index contributed by atoms with van der Waals surface area (Å²) in [6, 6.07) is 0.433. The van der Waals surface area contributed by atoms with E-state index < -0.39 is 0 Å². The summed E-state index contributed by atoms with van der Waals surface area (Å²) in [5, 5.41) is 10.3. The van der Waals surface area contributed by atoms with Crippen molar-refractivity contribution in [3.05, 3.63) is 16.1 Å². The van der Waals surface area contributed by atoms with E-state index in [1.54, 1.807) is 11.3 Å². The normalized spacial score (nSPS) is 28.8. The minimum absolute atomic E-state index is 0.160. The predicted molar refractivity (Wildman–Crippen MR) is 99.7 cm³/mol. The number of aryl methyl sites for hydroxylation is 1. The minimum Gasteiger partial charge on any atom is -0.377 e. The standard InChI is InChI=1S/C18H30N4OS/c1-5-19-17(20-9-8-13-11-24-12(2)21-13)22-15-14-7-6-10-23-16(14)18(15,3)4/h11,14-16H,5-10H2,1-4H3,(H2,19,20,22). The van der Waals surface area contributed by atoms with Gasteiger partial charge in [0.25, 0.3) is 0 Å². The average molecular weight is 351 g/mol. The maximum Gasteiger partial charge on any atom is 0.191 e. The van der Waals surface area contributed by atoms with Gasteiger partial charge in [-0.2, -0.15) is 0 Å². The summed E-state index contributed by atoms with van der Waals surface area (Å²) in [5.41, 5.74) is 1.30. The molecular weight excluding hydrogens is 320 g/mol. The molecular formula is C18H30N4OS. The number of rotatable bonds is 5. The Morgan fingerprint density at radius 2 is 2.33 bits per heavy atom. The maximum absolute atomic E-state index is 6.00. The first-order valence-electron chi connectivity index (χ1n) is 9.10. The van der Waals surface area contributed by atoms with Crippen molar-refractivity contribution in [2.45, 2.75) is 59.1 Å². The maximum atomic E-state index is 6.00. The predicted octanol–water partition coefficient (Wildman–Crippen LogP) is 2.75. The molecule has 0 aromatic carbocycles. The first-order chi connectivity index (χ1) is 11.5. The van der Waals surface area contributed by atoms with Crippen molar-refractivity contribution in [1.29, 1.82) is 0 Å². The smallest absolute Gasteiger partial charge is 0.191 e. The molecule has 1 saturated carbocycles. The molecule has 134 valence electrons. The molecule has 1 aliphatic heterocycles. The van der Waals surface area contributed by atoms with Crippen LogP contribution in [0.2, 0.25) is 0 Å². The molecule has 1 saturated heterocycles. The van der Waals surface area contributed by atoms with Gasteiger partial charge in [-0.25, -0.2) is 4.98 Å². The quantitative estimate of drug-likeness (QED) is 0.633. The molecule has 3 rings (SSSR count). The molecule has 0 spiro atoms. The number of guanidine groups is 1. The Hall–Kier alpha value is -1.14. The van der Waals surface area contributed by atoms with Crippen LogP contribution < -0.4 is 10.6 Å². The summed E-state index contributed by atoms with van der Waals surface area (Å²) in [7, 11) is 0. The molecule has 6 heteroatoms. The van der Waals surface area contributed by atoms with Gasteiger partial charge in [-0.1, -0.05) is 13.8 Å². The molecule has 2 heterocycles. The lowest BCUT2D eigenvalue weighted by atomic mass is 9.55. The van der Waals surface area contributed by atoms with Crippen LogP contribution in [0.1, 0.15) is 44.3 Å². The van der Waals surface area contributed by atoms with E-state index in [1.807, 2.05) is 6.92 Å². The van der Waals surface area contributed by atoms with Crippen LogP contribution in [0.15, 0.2) is 10.4 Å². The lowest BCUT2D eigenvalue weighted by Gasteiger charge is -2.60. The van der Waals surface area contributed by atoms with E-state index in [2.05, 4.69) is 41.8 Å². The number of nitrogens with zero attached hydrogens (tertiary/aromatic N) is 2. The molecule has 5 nitrogen and oxygen atoms in total.